The van der Waals surface area contributed by atoms with Crippen LogP contribution in [0.1, 0.15) is 31.0 Å². The van der Waals surface area contributed by atoms with Gasteiger partial charge in [-0.15, -0.1) is 6.42 Å². The summed E-state index contributed by atoms with van der Waals surface area (Å²) in [5.41, 5.74) is 1.58. The molecule has 0 bridgehead atoms. The Hall–Kier alpha value is -4.33. The largest absolute Gasteiger partial charge is 0.493 e. The first-order valence-electron chi connectivity index (χ1n) is 12.6. The average Bonchev–Trinajstić information content (AvgIpc) is 3.26. The number of methoxy groups -OCH3 is 2. The number of hydrogen-bond donors (Lipinski definition) is 0. The smallest absolute Gasteiger partial charge is 0.338 e. The van der Waals surface area contributed by atoms with Gasteiger partial charge in [-0.1, -0.05) is 47.6 Å². The van der Waals surface area contributed by atoms with Crippen molar-refractivity contribution in [3.8, 4) is 29.6 Å². The van der Waals surface area contributed by atoms with E-state index >= 15 is 0 Å². The van der Waals surface area contributed by atoms with Gasteiger partial charge >= 0.3 is 5.97 Å². The number of hydrogen-bond acceptors (Lipinski definition) is 9. The lowest BCUT2D eigenvalue weighted by molar-refractivity contribution is -0.140. The molecule has 0 saturated heterocycles. The molecule has 2 aromatic carbocycles. The van der Waals surface area contributed by atoms with Crippen LogP contribution in [-0.4, -0.2) is 51.2 Å². The van der Waals surface area contributed by atoms with Crippen LogP contribution in [0.25, 0.3) is 6.08 Å². The van der Waals surface area contributed by atoms with Crippen LogP contribution in [0.5, 0.6) is 17.2 Å². The Balaban J connectivity index is 1.96. The molecule has 9 nitrogen and oxygen atoms in total. The van der Waals surface area contributed by atoms with Crippen molar-refractivity contribution in [3.63, 3.8) is 0 Å². The van der Waals surface area contributed by atoms with Crippen LogP contribution in [0.3, 0.4) is 0 Å². The average molecular weight is 563 g/mol. The molecule has 40 heavy (non-hydrogen) atoms. The van der Waals surface area contributed by atoms with Gasteiger partial charge in [-0.25, -0.2) is 9.79 Å². The Labute approximate surface area is 235 Å². The van der Waals surface area contributed by atoms with Crippen LogP contribution >= 0.6 is 11.3 Å². The van der Waals surface area contributed by atoms with Crippen molar-refractivity contribution in [2.75, 3.05) is 40.6 Å². The summed E-state index contributed by atoms with van der Waals surface area (Å²) < 4.78 is 29.7. The SMILES string of the molecule is C#CCOc1ccccc1/C=c1/sc2n(c1=O)[C@@H](c1cccc(OC)c1OCC)C(C(=O)OCCOC)=C(C)N=2. The molecular weight excluding hydrogens is 532 g/mol. The maximum atomic E-state index is 14.0. The second kappa shape index (κ2) is 13.2. The molecule has 0 aliphatic carbocycles. The minimum atomic E-state index is -0.877. The van der Waals surface area contributed by atoms with Crippen LogP contribution in [0.2, 0.25) is 0 Å². The number of thiazole rings is 1. The van der Waals surface area contributed by atoms with Gasteiger partial charge in [0.15, 0.2) is 16.3 Å². The topological polar surface area (TPSA) is 97.6 Å². The summed E-state index contributed by atoms with van der Waals surface area (Å²) in [7, 11) is 3.06. The second-order valence-corrected chi connectivity index (χ2v) is 9.56. The molecule has 0 N–H and O–H groups in total. The minimum absolute atomic E-state index is 0.0497. The van der Waals surface area contributed by atoms with E-state index in [4.69, 9.17) is 30.1 Å². The van der Waals surface area contributed by atoms with E-state index in [0.717, 1.165) is 0 Å². The van der Waals surface area contributed by atoms with Crippen molar-refractivity contribution in [1.82, 2.24) is 4.57 Å². The molecule has 1 aliphatic heterocycles. The third kappa shape index (κ3) is 5.81. The van der Waals surface area contributed by atoms with Gasteiger partial charge < -0.3 is 23.7 Å². The summed E-state index contributed by atoms with van der Waals surface area (Å²) in [6.07, 6.45) is 7.10. The van der Waals surface area contributed by atoms with Crippen molar-refractivity contribution in [2.45, 2.75) is 19.9 Å². The fourth-order valence-electron chi connectivity index (χ4n) is 4.37. The van der Waals surface area contributed by atoms with Crippen LogP contribution < -0.4 is 29.1 Å². The monoisotopic (exact) mass is 562 g/mol. The van der Waals surface area contributed by atoms with Crippen molar-refractivity contribution in [2.24, 2.45) is 4.99 Å². The summed E-state index contributed by atoms with van der Waals surface area (Å²) in [6.45, 7) is 4.29. The van der Waals surface area contributed by atoms with Crippen LogP contribution in [-0.2, 0) is 14.3 Å². The lowest BCUT2D eigenvalue weighted by Gasteiger charge is -2.27. The summed E-state index contributed by atoms with van der Waals surface area (Å²) >= 11 is 1.21. The Kier molecular flexibility index (Phi) is 9.43. The molecule has 1 aromatic heterocycles. The number of carbonyl (C=O) groups excluding carboxylic acids is 1. The molecule has 0 unspecified atom stereocenters. The van der Waals surface area contributed by atoms with E-state index in [1.54, 1.807) is 37.3 Å². The molecule has 1 atom stereocenters. The molecule has 1 aliphatic rings. The fourth-order valence-corrected chi connectivity index (χ4v) is 5.41. The third-order valence-electron chi connectivity index (χ3n) is 6.09. The second-order valence-electron chi connectivity index (χ2n) is 8.55. The van der Waals surface area contributed by atoms with E-state index in [9.17, 15) is 9.59 Å². The number of allylic oxidation sites excluding steroid dienone is 1. The quantitative estimate of drug-likeness (QED) is 0.201. The predicted octanol–water partition coefficient (Wildman–Crippen LogP) is 2.84. The van der Waals surface area contributed by atoms with Crippen LogP contribution in [0.4, 0.5) is 0 Å². The molecule has 4 rings (SSSR count). The number of carbonyl (C=O) groups is 1. The van der Waals surface area contributed by atoms with Crippen molar-refractivity contribution in [3.05, 3.63) is 84.5 Å². The number of benzene rings is 2. The number of terminal acetylenes is 1. The normalized spacial score (nSPS) is 14.7. The number of fused-ring (bicyclic) bond motifs is 1. The first-order chi connectivity index (χ1) is 19.4. The zero-order chi connectivity index (χ0) is 28.6. The molecular formula is C30H30N2O7S. The predicted molar refractivity (Wildman–Crippen MR) is 152 cm³/mol. The molecule has 0 saturated carbocycles. The molecule has 2 heterocycles. The van der Waals surface area contributed by atoms with Gasteiger partial charge in [0.25, 0.3) is 5.56 Å². The number of para-hydroxylation sites is 2. The van der Waals surface area contributed by atoms with Gasteiger partial charge in [-0.3, -0.25) is 9.36 Å². The van der Waals surface area contributed by atoms with Gasteiger partial charge in [0.05, 0.1) is 36.1 Å². The highest BCUT2D eigenvalue weighted by atomic mass is 32.1. The van der Waals surface area contributed by atoms with E-state index in [1.807, 2.05) is 25.1 Å². The Morgan fingerprint density at radius 3 is 2.62 bits per heavy atom. The van der Waals surface area contributed by atoms with Gasteiger partial charge in [0, 0.05) is 18.2 Å². The third-order valence-corrected chi connectivity index (χ3v) is 7.07. The number of nitrogens with zero attached hydrogens (tertiary/aromatic N) is 2. The van der Waals surface area contributed by atoms with Gasteiger partial charge in [-0.2, -0.15) is 0 Å². The zero-order valence-corrected chi connectivity index (χ0v) is 23.6. The lowest BCUT2D eigenvalue weighted by Crippen LogP contribution is -2.40. The molecule has 0 amide bonds. The maximum Gasteiger partial charge on any atom is 0.338 e. The summed E-state index contributed by atoms with van der Waals surface area (Å²) in [4.78, 5) is 32.5. The van der Waals surface area contributed by atoms with E-state index < -0.39 is 12.0 Å². The van der Waals surface area contributed by atoms with Gasteiger partial charge in [-0.05, 0) is 32.1 Å². The highest BCUT2D eigenvalue weighted by Gasteiger charge is 2.36. The fraction of sp³-hybridized carbons (Fsp3) is 0.300. The lowest BCUT2D eigenvalue weighted by atomic mass is 9.94. The van der Waals surface area contributed by atoms with Crippen molar-refractivity contribution >= 4 is 23.4 Å². The summed E-state index contributed by atoms with van der Waals surface area (Å²) in [5, 5.41) is 0. The van der Waals surface area contributed by atoms with Gasteiger partial charge in [0.1, 0.15) is 25.0 Å². The first kappa shape index (κ1) is 28.7. The van der Waals surface area contributed by atoms with E-state index in [-0.39, 0.29) is 31.0 Å². The molecule has 10 heteroatoms. The minimum Gasteiger partial charge on any atom is -0.493 e. The van der Waals surface area contributed by atoms with Crippen LogP contribution in [0, 0.1) is 12.3 Å². The molecule has 208 valence electrons. The van der Waals surface area contributed by atoms with Crippen LogP contribution in [0.15, 0.2) is 63.5 Å². The van der Waals surface area contributed by atoms with E-state index in [2.05, 4.69) is 10.9 Å². The molecule has 0 fully saturated rings. The highest BCUT2D eigenvalue weighted by molar-refractivity contribution is 7.07. The standard InChI is InChI=1S/C30H30N2O7S/c1-6-15-38-22-13-9-8-11-20(22)18-24-28(33)32-26(21-12-10-14-23(36-5)27(21)37-7-2)25(19(3)31-30(32)40-24)29(34)39-17-16-35-4/h1,8-14,18,26H,7,15-17H2,2-5H3/b24-18+/t26-/m0/s1. The number of aromatic nitrogens is 1. The summed E-state index contributed by atoms with van der Waals surface area (Å²) in [6, 6.07) is 11.8. The highest BCUT2D eigenvalue weighted by Crippen LogP contribution is 2.40. The number of esters is 1. The van der Waals surface area contributed by atoms with Crippen molar-refractivity contribution < 1.29 is 28.5 Å². The Bertz CT molecular complexity index is 1650. The zero-order valence-electron chi connectivity index (χ0n) is 22.8. The first-order valence-corrected chi connectivity index (χ1v) is 13.4. The molecule has 3 aromatic rings. The summed E-state index contributed by atoms with van der Waals surface area (Å²) in [5.74, 6) is 3.30. The molecule has 0 radical (unpaired) electrons. The number of rotatable bonds is 11. The molecule has 0 spiro atoms. The van der Waals surface area contributed by atoms with E-state index in [1.165, 1.54) is 30.1 Å². The number of ether oxygens (including phenoxy) is 5. The maximum absolute atomic E-state index is 14.0. The van der Waals surface area contributed by atoms with Crippen molar-refractivity contribution in [1.29, 1.82) is 0 Å². The van der Waals surface area contributed by atoms with E-state index in [0.29, 0.717) is 50.0 Å². The van der Waals surface area contributed by atoms with Gasteiger partial charge in [0.2, 0.25) is 0 Å². The Morgan fingerprint density at radius 2 is 1.90 bits per heavy atom. The Morgan fingerprint density at radius 1 is 1.12 bits per heavy atom.